The van der Waals surface area contributed by atoms with Crippen molar-refractivity contribution in [1.82, 2.24) is 10.6 Å². The van der Waals surface area contributed by atoms with Crippen molar-refractivity contribution in [2.75, 3.05) is 19.7 Å². The van der Waals surface area contributed by atoms with Crippen LogP contribution in [0.5, 0.6) is 5.75 Å². The van der Waals surface area contributed by atoms with E-state index >= 15 is 0 Å². The third-order valence-corrected chi connectivity index (χ3v) is 2.89. The van der Waals surface area contributed by atoms with Gasteiger partial charge in [-0.3, -0.25) is 14.4 Å². The van der Waals surface area contributed by atoms with Gasteiger partial charge in [0.2, 0.25) is 11.8 Å². The molecule has 0 saturated heterocycles. The molecule has 0 fully saturated rings. The van der Waals surface area contributed by atoms with E-state index in [0.717, 1.165) is 0 Å². The van der Waals surface area contributed by atoms with Crippen molar-refractivity contribution >= 4 is 17.6 Å². The maximum Gasteiger partial charge on any atom is 0.239 e. The predicted molar refractivity (Wildman–Crippen MR) is 82.9 cm³/mol. The van der Waals surface area contributed by atoms with Gasteiger partial charge in [0.05, 0.1) is 13.2 Å². The maximum atomic E-state index is 12.0. The van der Waals surface area contributed by atoms with E-state index in [4.69, 9.17) is 4.74 Å². The number of carbonyl (C=O) groups is 3. The summed E-state index contributed by atoms with van der Waals surface area (Å²) in [4.78, 5) is 34.7. The first kappa shape index (κ1) is 17.7. The van der Waals surface area contributed by atoms with Gasteiger partial charge in [0, 0.05) is 24.9 Å². The summed E-state index contributed by atoms with van der Waals surface area (Å²) in [6.07, 6.45) is 0.167. The summed E-state index contributed by atoms with van der Waals surface area (Å²) in [6.45, 7) is 4.71. The number of carbonyl (C=O) groups excluding carboxylic acids is 3. The van der Waals surface area contributed by atoms with Gasteiger partial charge in [-0.1, -0.05) is 0 Å². The average Bonchev–Trinajstić information content (AvgIpc) is 2.52. The Labute approximate surface area is 130 Å². The molecule has 6 nitrogen and oxygen atoms in total. The molecule has 0 radical (unpaired) electrons. The van der Waals surface area contributed by atoms with Crippen molar-refractivity contribution in [3.05, 3.63) is 29.8 Å². The molecule has 22 heavy (non-hydrogen) atoms. The minimum absolute atomic E-state index is 0.0610. The Bertz CT molecular complexity index is 511. The van der Waals surface area contributed by atoms with Crippen LogP contribution in [-0.2, 0) is 9.59 Å². The van der Waals surface area contributed by atoms with Gasteiger partial charge in [0.25, 0.3) is 0 Å². The molecule has 0 atom stereocenters. The van der Waals surface area contributed by atoms with Crippen molar-refractivity contribution in [3.8, 4) is 5.75 Å². The maximum absolute atomic E-state index is 12.0. The number of amides is 2. The molecule has 0 aliphatic rings. The van der Waals surface area contributed by atoms with Gasteiger partial charge >= 0.3 is 0 Å². The third kappa shape index (κ3) is 6.39. The van der Waals surface area contributed by atoms with E-state index in [0.29, 0.717) is 24.5 Å². The zero-order valence-electron chi connectivity index (χ0n) is 13.0. The summed E-state index contributed by atoms with van der Waals surface area (Å²) < 4.78 is 5.30. The van der Waals surface area contributed by atoms with Crippen molar-refractivity contribution in [1.29, 1.82) is 0 Å². The molecule has 0 spiro atoms. The largest absolute Gasteiger partial charge is 0.494 e. The molecule has 0 aliphatic heterocycles. The number of rotatable bonds is 9. The smallest absolute Gasteiger partial charge is 0.239 e. The first-order chi connectivity index (χ1) is 10.6. The molecule has 0 bridgehead atoms. The van der Waals surface area contributed by atoms with Crippen molar-refractivity contribution in [2.45, 2.75) is 26.7 Å². The summed E-state index contributed by atoms with van der Waals surface area (Å²) >= 11 is 0. The van der Waals surface area contributed by atoms with Gasteiger partial charge in [-0.15, -0.1) is 0 Å². The van der Waals surface area contributed by atoms with E-state index in [-0.39, 0.29) is 37.0 Å². The quantitative estimate of drug-likeness (QED) is 0.674. The first-order valence-corrected chi connectivity index (χ1v) is 7.36. The highest BCUT2D eigenvalue weighted by atomic mass is 16.5. The minimum Gasteiger partial charge on any atom is -0.494 e. The van der Waals surface area contributed by atoms with Crippen molar-refractivity contribution < 1.29 is 19.1 Å². The van der Waals surface area contributed by atoms with Gasteiger partial charge in [-0.25, -0.2) is 0 Å². The Morgan fingerprint density at radius 3 is 2.23 bits per heavy atom. The highest BCUT2D eigenvalue weighted by Gasteiger charge is 2.10. The van der Waals surface area contributed by atoms with Crippen LogP contribution in [0.1, 0.15) is 37.0 Å². The fourth-order valence-corrected chi connectivity index (χ4v) is 1.80. The molecule has 1 aromatic rings. The number of Topliss-reactive ketones (excluding diaryl/α,β-unsaturated/α-hetero) is 1. The number of ether oxygens (including phenoxy) is 1. The summed E-state index contributed by atoms with van der Waals surface area (Å²) in [7, 11) is 0. The summed E-state index contributed by atoms with van der Waals surface area (Å²) in [5.74, 6) is 0.0363. The van der Waals surface area contributed by atoms with Crippen LogP contribution in [0, 0.1) is 0 Å². The molecule has 2 N–H and O–H groups in total. The van der Waals surface area contributed by atoms with Gasteiger partial charge in [-0.05, 0) is 38.1 Å². The fourth-order valence-electron chi connectivity index (χ4n) is 1.80. The van der Waals surface area contributed by atoms with Crippen LogP contribution < -0.4 is 15.4 Å². The Balaban J connectivity index is 2.35. The van der Waals surface area contributed by atoms with Crippen LogP contribution in [0.25, 0.3) is 0 Å². The third-order valence-electron chi connectivity index (χ3n) is 2.89. The van der Waals surface area contributed by atoms with Crippen LogP contribution in [0.15, 0.2) is 24.3 Å². The Morgan fingerprint density at radius 1 is 0.955 bits per heavy atom. The summed E-state index contributed by atoms with van der Waals surface area (Å²) in [5.41, 5.74) is 0.542. The second-order valence-electron chi connectivity index (χ2n) is 4.61. The Morgan fingerprint density at radius 2 is 1.64 bits per heavy atom. The van der Waals surface area contributed by atoms with Crippen LogP contribution in [0.4, 0.5) is 0 Å². The zero-order valence-corrected chi connectivity index (χ0v) is 13.0. The first-order valence-electron chi connectivity index (χ1n) is 7.36. The number of nitrogens with one attached hydrogen (secondary N) is 2. The van der Waals surface area contributed by atoms with E-state index < -0.39 is 0 Å². The van der Waals surface area contributed by atoms with E-state index in [1.165, 1.54) is 0 Å². The van der Waals surface area contributed by atoms with Crippen LogP contribution in [-0.4, -0.2) is 37.3 Å². The SMILES string of the molecule is CCNC(=O)CNC(=O)CCC(=O)c1ccc(OCC)cc1. The van der Waals surface area contributed by atoms with Crippen molar-refractivity contribution in [3.63, 3.8) is 0 Å². The number of benzene rings is 1. The molecular weight excluding hydrogens is 284 g/mol. The van der Waals surface area contributed by atoms with Gasteiger partial charge in [-0.2, -0.15) is 0 Å². The number of hydrogen-bond donors (Lipinski definition) is 2. The van der Waals surface area contributed by atoms with Crippen LogP contribution in [0.3, 0.4) is 0 Å². The zero-order chi connectivity index (χ0) is 16.4. The molecule has 120 valence electrons. The topological polar surface area (TPSA) is 84.5 Å². The van der Waals surface area contributed by atoms with Gasteiger partial charge < -0.3 is 15.4 Å². The molecule has 2 amide bonds. The minimum atomic E-state index is -0.314. The highest BCUT2D eigenvalue weighted by molar-refractivity contribution is 5.98. The molecule has 0 unspecified atom stereocenters. The summed E-state index contributed by atoms with van der Waals surface area (Å²) in [5, 5.41) is 5.05. The molecule has 0 saturated carbocycles. The number of hydrogen-bond acceptors (Lipinski definition) is 4. The normalized spacial score (nSPS) is 9.91. The summed E-state index contributed by atoms with van der Waals surface area (Å²) in [6, 6.07) is 6.82. The van der Waals surface area contributed by atoms with Crippen LogP contribution >= 0.6 is 0 Å². The second-order valence-corrected chi connectivity index (χ2v) is 4.61. The number of likely N-dealkylation sites (N-methyl/N-ethyl adjacent to an activating group) is 1. The molecule has 1 aromatic carbocycles. The van der Waals surface area contributed by atoms with Crippen LogP contribution in [0.2, 0.25) is 0 Å². The molecule has 0 aromatic heterocycles. The standard InChI is InChI=1S/C16H22N2O4/c1-3-17-16(21)11-18-15(20)10-9-14(19)12-5-7-13(8-6-12)22-4-2/h5-8H,3-4,9-11H2,1-2H3,(H,17,21)(H,18,20). The number of ketones is 1. The molecule has 0 aliphatic carbocycles. The molecule has 6 heteroatoms. The molecule has 1 rings (SSSR count). The van der Waals surface area contributed by atoms with Gasteiger partial charge in [0.15, 0.2) is 5.78 Å². The van der Waals surface area contributed by atoms with E-state index in [1.54, 1.807) is 31.2 Å². The van der Waals surface area contributed by atoms with E-state index in [1.807, 2.05) is 6.92 Å². The average molecular weight is 306 g/mol. The Hall–Kier alpha value is -2.37. The van der Waals surface area contributed by atoms with Crippen molar-refractivity contribution in [2.24, 2.45) is 0 Å². The lowest BCUT2D eigenvalue weighted by Gasteiger charge is -2.06. The van der Waals surface area contributed by atoms with Gasteiger partial charge in [0.1, 0.15) is 5.75 Å². The van der Waals surface area contributed by atoms with E-state index in [9.17, 15) is 14.4 Å². The lowest BCUT2D eigenvalue weighted by Crippen LogP contribution is -2.36. The molecule has 0 heterocycles. The lowest BCUT2D eigenvalue weighted by molar-refractivity contribution is -0.126. The lowest BCUT2D eigenvalue weighted by atomic mass is 10.1. The highest BCUT2D eigenvalue weighted by Crippen LogP contribution is 2.13. The Kier molecular flexibility index (Phi) is 7.67. The predicted octanol–water partition coefficient (Wildman–Crippen LogP) is 1.30. The monoisotopic (exact) mass is 306 g/mol. The molecular formula is C16H22N2O4. The van der Waals surface area contributed by atoms with E-state index in [2.05, 4.69) is 10.6 Å². The fraction of sp³-hybridized carbons (Fsp3) is 0.438. The second kappa shape index (κ2) is 9.55.